The molecule has 0 radical (unpaired) electrons. The summed E-state index contributed by atoms with van der Waals surface area (Å²) in [6, 6.07) is 39.8. The highest BCUT2D eigenvalue weighted by Gasteiger charge is 2.45. The molecule has 0 atom stereocenters. The molecule has 1 saturated heterocycles. The molecule has 0 spiro atoms. The third-order valence-electron chi connectivity index (χ3n) is 6.63. The lowest BCUT2D eigenvalue weighted by Gasteiger charge is -2.29. The monoisotopic (exact) mass is 521 g/mol. The third kappa shape index (κ3) is 5.45. The van der Waals surface area contributed by atoms with Crippen LogP contribution >= 0.6 is 7.26 Å². The Kier molecular flexibility index (Phi) is 8.08. The van der Waals surface area contributed by atoms with Gasteiger partial charge in [0.25, 0.3) is 11.8 Å². The number of carbonyl (C=O) groups excluding carboxylic acids is 2. The summed E-state index contributed by atoms with van der Waals surface area (Å²) in [6.45, 7) is 1.90. The summed E-state index contributed by atoms with van der Waals surface area (Å²) < 4.78 is 5.50. The summed E-state index contributed by atoms with van der Waals surface area (Å²) in [5, 5.41) is 6.30. The Labute approximate surface area is 224 Å². The number of amides is 2. The fraction of sp³-hybridized carbons (Fsp3) is 0.125. The molecule has 0 bridgehead atoms. The van der Waals surface area contributed by atoms with Gasteiger partial charge in [-0.15, -0.1) is 0 Å². The molecule has 1 aliphatic rings. The van der Waals surface area contributed by atoms with Gasteiger partial charge in [0.05, 0.1) is 13.2 Å². The molecule has 2 amide bonds. The number of hydrogen-bond donors (Lipinski definition) is 1. The van der Waals surface area contributed by atoms with Crippen LogP contribution in [-0.2, 0) is 9.53 Å². The molecule has 5 rings (SSSR count). The summed E-state index contributed by atoms with van der Waals surface area (Å²) in [6.07, 6.45) is 0. The fourth-order valence-corrected chi connectivity index (χ4v) is 8.55. The van der Waals surface area contributed by atoms with Gasteiger partial charge in [-0.05, 0) is 48.5 Å². The van der Waals surface area contributed by atoms with Gasteiger partial charge in [0.1, 0.15) is 34.7 Å². The number of rotatable bonds is 7. The molecular weight excluding hydrogens is 491 g/mol. The van der Waals surface area contributed by atoms with Crippen molar-refractivity contribution in [1.82, 2.24) is 10.2 Å². The second kappa shape index (κ2) is 12.0. The predicted octanol–water partition coefficient (Wildman–Crippen LogP) is 4.11. The first-order chi connectivity index (χ1) is 18.7. The first-order valence-corrected chi connectivity index (χ1v) is 14.6. The number of hydrogen-bond acceptors (Lipinski definition) is 3. The average Bonchev–Trinajstić information content (AvgIpc) is 3.01. The van der Waals surface area contributed by atoms with Crippen molar-refractivity contribution in [3.63, 3.8) is 0 Å². The minimum atomic E-state index is -2.52. The Morgan fingerprint density at radius 2 is 1.08 bits per heavy atom. The van der Waals surface area contributed by atoms with Gasteiger partial charge in [-0.25, -0.2) is 0 Å². The number of nitrogens with one attached hydrogen (secondary N) is 1. The first kappa shape index (κ1) is 25.6. The topological polar surface area (TPSA) is 58.6 Å². The zero-order valence-corrected chi connectivity index (χ0v) is 22.0. The smallest absolute Gasteiger partial charge is 0.274 e. The normalized spacial score (nSPS) is 14.1. The molecule has 0 aliphatic carbocycles. The Bertz CT molecular complexity index is 1290. The minimum Gasteiger partial charge on any atom is -0.378 e. The molecular formula is C32H30N2O3P+. The quantitative estimate of drug-likeness (QED) is 0.294. The molecule has 1 heterocycles. The molecule has 5 nitrogen and oxygen atoms in total. The minimum absolute atomic E-state index is 0.204. The first-order valence-electron chi connectivity index (χ1n) is 12.7. The average molecular weight is 522 g/mol. The van der Waals surface area contributed by atoms with Crippen LogP contribution in [0, 0.1) is 0 Å². The number of nitrogens with zero attached hydrogens (tertiary/aromatic N) is 1. The van der Waals surface area contributed by atoms with Gasteiger partial charge in [0.15, 0.2) is 0 Å². The van der Waals surface area contributed by atoms with E-state index in [1.807, 2.05) is 78.6 Å². The van der Waals surface area contributed by atoms with Crippen LogP contribution in [0.15, 0.2) is 133 Å². The Morgan fingerprint density at radius 3 is 1.53 bits per heavy atom. The van der Waals surface area contributed by atoms with E-state index in [-0.39, 0.29) is 17.5 Å². The van der Waals surface area contributed by atoms with E-state index < -0.39 is 7.26 Å². The number of ether oxygens (including phenoxy) is 1. The number of benzene rings is 4. The van der Waals surface area contributed by atoms with Crippen molar-refractivity contribution >= 4 is 35.0 Å². The summed E-state index contributed by atoms with van der Waals surface area (Å²) in [5.41, 5.74) is 0.780. The van der Waals surface area contributed by atoms with Crippen molar-refractivity contribution in [1.29, 1.82) is 0 Å². The molecule has 1 N–H and O–H groups in total. The van der Waals surface area contributed by atoms with Gasteiger partial charge in [-0.1, -0.05) is 72.8 Å². The van der Waals surface area contributed by atoms with E-state index in [0.717, 1.165) is 15.9 Å². The summed E-state index contributed by atoms with van der Waals surface area (Å²) in [4.78, 5) is 29.2. The second-order valence-corrected chi connectivity index (χ2v) is 12.2. The van der Waals surface area contributed by atoms with Gasteiger partial charge < -0.3 is 15.0 Å². The van der Waals surface area contributed by atoms with Crippen LogP contribution in [0.3, 0.4) is 0 Å². The highest BCUT2D eigenvalue weighted by Crippen LogP contribution is 2.57. The maximum absolute atomic E-state index is 14.0. The molecule has 38 heavy (non-hydrogen) atoms. The van der Waals surface area contributed by atoms with Crippen LogP contribution < -0.4 is 21.2 Å². The van der Waals surface area contributed by atoms with Crippen molar-refractivity contribution in [2.45, 2.75) is 0 Å². The lowest BCUT2D eigenvalue weighted by atomic mass is 10.2. The fourth-order valence-electron chi connectivity index (χ4n) is 4.72. The molecule has 0 aromatic heterocycles. The number of carbonyl (C=O) groups is 2. The van der Waals surface area contributed by atoms with Crippen molar-refractivity contribution < 1.29 is 14.3 Å². The van der Waals surface area contributed by atoms with E-state index in [0.29, 0.717) is 31.9 Å². The van der Waals surface area contributed by atoms with Crippen molar-refractivity contribution in [3.8, 4) is 0 Å². The van der Waals surface area contributed by atoms with Gasteiger partial charge in [0, 0.05) is 18.7 Å². The SMILES string of the molecule is O=C(NC(=C[P+](c1ccccc1)(c1ccccc1)c1ccccc1)C(=O)N1CCOCC1)c1ccccc1. The Hall–Kier alpha value is -4.05. The number of morpholine rings is 1. The maximum atomic E-state index is 14.0. The zero-order valence-electron chi connectivity index (χ0n) is 21.1. The van der Waals surface area contributed by atoms with Crippen LogP contribution in [0.5, 0.6) is 0 Å². The van der Waals surface area contributed by atoms with E-state index >= 15 is 0 Å². The van der Waals surface area contributed by atoms with Crippen LogP contribution in [0.25, 0.3) is 0 Å². The molecule has 4 aromatic carbocycles. The molecule has 190 valence electrons. The van der Waals surface area contributed by atoms with Gasteiger partial charge >= 0.3 is 0 Å². The molecule has 4 aromatic rings. The van der Waals surface area contributed by atoms with E-state index in [2.05, 4.69) is 41.7 Å². The Balaban J connectivity index is 1.74. The molecule has 0 unspecified atom stereocenters. The Morgan fingerprint density at radius 1 is 0.658 bits per heavy atom. The van der Waals surface area contributed by atoms with E-state index in [4.69, 9.17) is 4.74 Å². The summed E-state index contributed by atoms with van der Waals surface area (Å²) in [5.74, 6) is 1.52. The van der Waals surface area contributed by atoms with Crippen LogP contribution in [0.4, 0.5) is 0 Å². The van der Waals surface area contributed by atoms with Crippen LogP contribution in [0.2, 0.25) is 0 Å². The molecule has 0 saturated carbocycles. The molecule has 1 aliphatic heterocycles. The zero-order chi connectivity index (χ0) is 26.2. The highest BCUT2D eigenvalue weighted by atomic mass is 31.2. The van der Waals surface area contributed by atoms with E-state index in [9.17, 15) is 9.59 Å². The maximum Gasteiger partial charge on any atom is 0.274 e. The lowest BCUT2D eigenvalue weighted by Crippen LogP contribution is -2.45. The van der Waals surface area contributed by atoms with E-state index in [1.54, 1.807) is 17.0 Å². The van der Waals surface area contributed by atoms with Crippen LogP contribution in [0.1, 0.15) is 10.4 Å². The predicted molar refractivity (Wildman–Crippen MR) is 155 cm³/mol. The highest BCUT2D eigenvalue weighted by molar-refractivity contribution is 7.98. The summed E-state index contributed by atoms with van der Waals surface area (Å²) >= 11 is 0. The third-order valence-corrected chi connectivity index (χ3v) is 10.6. The summed E-state index contributed by atoms with van der Waals surface area (Å²) in [7, 11) is -2.52. The standard InChI is InChI=1S/C32H29N2O3P/c35-31(26-13-5-1-6-14-26)33-30(32(36)34-21-23-37-24-22-34)25-38(27-15-7-2-8-16-27,28-17-9-3-10-18-28)29-19-11-4-12-20-29/h1-20,25H,21-24H2/p+1. The second-order valence-electron chi connectivity index (χ2n) is 9.00. The van der Waals surface area contributed by atoms with Crippen molar-refractivity contribution in [3.05, 3.63) is 138 Å². The van der Waals surface area contributed by atoms with Gasteiger partial charge in [-0.3, -0.25) is 9.59 Å². The van der Waals surface area contributed by atoms with Crippen molar-refractivity contribution in [2.24, 2.45) is 0 Å². The van der Waals surface area contributed by atoms with Gasteiger partial charge in [-0.2, -0.15) is 0 Å². The van der Waals surface area contributed by atoms with E-state index in [1.165, 1.54) is 0 Å². The van der Waals surface area contributed by atoms with Crippen molar-refractivity contribution in [2.75, 3.05) is 26.3 Å². The molecule has 6 heteroatoms. The lowest BCUT2D eigenvalue weighted by molar-refractivity contribution is -0.131. The molecule has 1 fully saturated rings. The van der Waals surface area contributed by atoms with Crippen LogP contribution in [-0.4, -0.2) is 43.0 Å². The van der Waals surface area contributed by atoms with Gasteiger partial charge in [0.2, 0.25) is 0 Å². The largest absolute Gasteiger partial charge is 0.378 e.